The van der Waals surface area contributed by atoms with Crippen molar-refractivity contribution >= 4 is 17.6 Å². The summed E-state index contributed by atoms with van der Waals surface area (Å²) in [5.74, 6) is -2.00. The number of carboxylic acid groups (broad SMARTS) is 1. The molecule has 0 saturated heterocycles. The van der Waals surface area contributed by atoms with Crippen LogP contribution >= 0.6 is 0 Å². The number of carboxylic acids is 1. The molecule has 0 radical (unpaired) electrons. The summed E-state index contributed by atoms with van der Waals surface area (Å²) in [4.78, 5) is 21.1. The summed E-state index contributed by atoms with van der Waals surface area (Å²) in [7, 11) is 0. The first-order chi connectivity index (χ1) is 7.13. The predicted molar refractivity (Wildman–Crippen MR) is 53.9 cm³/mol. The van der Waals surface area contributed by atoms with Gasteiger partial charge in [-0.05, 0) is 19.1 Å². The summed E-state index contributed by atoms with van der Waals surface area (Å²) in [6, 6.07) is 6.54. The summed E-state index contributed by atoms with van der Waals surface area (Å²) in [5.41, 5.74) is 0.397. The lowest BCUT2D eigenvalue weighted by Crippen LogP contribution is -2.21. The lowest BCUT2D eigenvalue weighted by Gasteiger charge is -2.05. The maximum Gasteiger partial charge on any atom is 0.394 e. The molecule has 1 aromatic carbocycles. The van der Waals surface area contributed by atoms with E-state index < -0.39 is 11.9 Å². The van der Waals surface area contributed by atoms with E-state index in [0.29, 0.717) is 18.0 Å². The van der Waals surface area contributed by atoms with Crippen LogP contribution in [0.4, 0.5) is 5.69 Å². The summed E-state index contributed by atoms with van der Waals surface area (Å²) >= 11 is 0. The standard InChI is InChI=1S/C10H11NO4/c1-2-15-8-5-3-4-7(6-8)11-9(12)10(13)14/h3-6H,2H2,1H3,(H,11,12)(H,13,14). The van der Waals surface area contributed by atoms with E-state index in [0.717, 1.165) is 0 Å². The molecular weight excluding hydrogens is 198 g/mol. The third-order valence-corrected chi connectivity index (χ3v) is 1.60. The van der Waals surface area contributed by atoms with Gasteiger partial charge >= 0.3 is 11.9 Å². The van der Waals surface area contributed by atoms with E-state index in [1.54, 1.807) is 24.3 Å². The lowest BCUT2D eigenvalue weighted by molar-refractivity contribution is -0.147. The van der Waals surface area contributed by atoms with Gasteiger partial charge in [-0.1, -0.05) is 6.07 Å². The first-order valence-electron chi connectivity index (χ1n) is 4.40. The van der Waals surface area contributed by atoms with E-state index in [4.69, 9.17) is 9.84 Å². The molecule has 2 N–H and O–H groups in total. The number of amides is 1. The molecule has 0 spiro atoms. The number of nitrogens with one attached hydrogen (secondary N) is 1. The van der Waals surface area contributed by atoms with Crippen LogP contribution in [0.1, 0.15) is 6.92 Å². The van der Waals surface area contributed by atoms with Crippen LogP contribution in [0.5, 0.6) is 5.75 Å². The van der Waals surface area contributed by atoms with E-state index in [1.807, 2.05) is 6.92 Å². The molecule has 1 rings (SSSR count). The van der Waals surface area contributed by atoms with E-state index >= 15 is 0 Å². The molecule has 0 unspecified atom stereocenters. The van der Waals surface area contributed by atoms with E-state index in [9.17, 15) is 9.59 Å². The number of ether oxygens (including phenoxy) is 1. The van der Waals surface area contributed by atoms with Gasteiger partial charge in [0, 0.05) is 11.8 Å². The van der Waals surface area contributed by atoms with Gasteiger partial charge in [0.1, 0.15) is 5.75 Å². The molecule has 1 aromatic rings. The zero-order valence-electron chi connectivity index (χ0n) is 8.19. The second-order valence-electron chi connectivity index (χ2n) is 2.72. The van der Waals surface area contributed by atoms with Gasteiger partial charge in [-0.2, -0.15) is 0 Å². The Balaban J connectivity index is 2.73. The summed E-state index contributed by atoms with van der Waals surface area (Å²) in [6.07, 6.45) is 0. The van der Waals surface area contributed by atoms with Crippen LogP contribution in [0.2, 0.25) is 0 Å². The summed E-state index contributed by atoms with van der Waals surface area (Å²) < 4.78 is 5.19. The predicted octanol–water partition coefficient (Wildman–Crippen LogP) is 1.11. The molecule has 0 aliphatic rings. The number of hydrogen-bond donors (Lipinski definition) is 2. The van der Waals surface area contributed by atoms with Crippen LogP contribution in [0.3, 0.4) is 0 Å². The van der Waals surface area contributed by atoms with E-state index in [2.05, 4.69) is 5.32 Å². The minimum Gasteiger partial charge on any atom is -0.494 e. The topological polar surface area (TPSA) is 75.6 Å². The third kappa shape index (κ3) is 3.30. The van der Waals surface area contributed by atoms with Crippen LogP contribution in [0.15, 0.2) is 24.3 Å². The number of hydrogen-bond acceptors (Lipinski definition) is 3. The normalized spacial score (nSPS) is 9.40. The Labute approximate surface area is 86.7 Å². The highest BCUT2D eigenvalue weighted by atomic mass is 16.5. The van der Waals surface area contributed by atoms with Crippen molar-refractivity contribution in [3.63, 3.8) is 0 Å². The number of benzene rings is 1. The Morgan fingerprint density at radius 3 is 2.80 bits per heavy atom. The molecular formula is C10H11NO4. The second kappa shape index (κ2) is 4.99. The minimum atomic E-state index is -1.52. The molecule has 5 heteroatoms. The van der Waals surface area contributed by atoms with Gasteiger partial charge in [0.2, 0.25) is 0 Å². The molecule has 0 aliphatic carbocycles. The first kappa shape index (κ1) is 11.0. The quantitative estimate of drug-likeness (QED) is 0.731. The first-order valence-corrected chi connectivity index (χ1v) is 4.40. The molecule has 0 bridgehead atoms. The van der Waals surface area contributed by atoms with Gasteiger partial charge < -0.3 is 15.2 Å². The molecule has 0 saturated carbocycles. The van der Waals surface area contributed by atoms with Gasteiger partial charge in [-0.15, -0.1) is 0 Å². The molecule has 0 heterocycles. The Kier molecular flexibility index (Phi) is 3.68. The van der Waals surface area contributed by atoms with Crippen LogP contribution in [0.25, 0.3) is 0 Å². The van der Waals surface area contributed by atoms with Crippen molar-refractivity contribution in [2.75, 3.05) is 11.9 Å². The van der Waals surface area contributed by atoms with Crippen molar-refractivity contribution < 1.29 is 19.4 Å². The second-order valence-corrected chi connectivity index (χ2v) is 2.72. The van der Waals surface area contributed by atoms with Crippen molar-refractivity contribution in [3.05, 3.63) is 24.3 Å². The van der Waals surface area contributed by atoms with Gasteiger partial charge in [-0.25, -0.2) is 4.79 Å². The third-order valence-electron chi connectivity index (χ3n) is 1.60. The van der Waals surface area contributed by atoms with Crippen LogP contribution in [-0.4, -0.2) is 23.6 Å². The maximum absolute atomic E-state index is 10.8. The van der Waals surface area contributed by atoms with Gasteiger partial charge in [-0.3, -0.25) is 4.79 Å². The average molecular weight is 209 g/mol. The fourth-order valence-electron chi connectivity index (χ4n) is 1.01. The van der Waals surface area contributed by atoms with Crippen LogP contribution in [-0.2, 0) is 9.59 Å². The Hall–Kier alpha value is -2.04. The number of aliphatic carboxylic acids is 1. The molecule has 0 atom stereocenters. The summed E-state index contributed by atoms with van der Waals surface area (Å²) in [5, 5.41) is 10.6. The van der Waals surface area contributed by atoms with Gasteiger partial charge in [0.15, 0.2) is 0 Å². The highest BCUT2D eigenvalue weighted by Gasteiger charge is 2.10. The van der Waals surface area contributed by atoms with E-state index in [1.165, 1.54) is 0 Å². The molecule has 0 aromatic heterocycles. The van der Waals surface area contributed by atoms with Crippen molar-refractivity contribution in [2.45, 2.75) is 6.92 Å². The van der Waals surface area contributed by atoms with Gasteiger partial charge in [0.25, 0.3) is 0 Å². The fourth-order valence-corrected chi connectivity index (χ4v) is 1.01. The minimum absolute atomic E-state index is 0.397. The monoisotopic (exact) mass is 209 g/mol. The zero-order valence-corrected chi connectivity index (χ0v) is 8.19. The number of carbonyl (C=O) groups is 2. The highest BCUT2D eigenvalue weighted by molar-refractivity contribution is 6.36. The molecule has 80 valence electrons. The molecule has 0 aliphatic heterocycles. The van der Waals surface area contributed by atoms with Gasteiger partial charge in [0.05, 0.1) is 6.61 Å². The number of rotatable bonds is 3. The number of anilines is 1. The van der Waals surface area contributed by atoms with Crippen molar-refractivity contribution in [3.8, 4) is 5.75 Å². The molecule has 5 nitrogen and oxygen atoms in total. The molecule has 15 heavy (non-hydrogen) atoms. The van der Waals surface area contributed by atoms with Crippen LogP contribution in [0, 0.1) is 0 Å². The number of carbonyl (C=O) groups excluding carboxylic acids is 1. The molecule has 0 fully saturated rings. The SMILES string of the molecule is CCOc1cccc(NC(=O)C(=O)O)c1. The Morgan fingerprint density at radius 1 is 1.47 bits per heavy atom. The van der Waals surface area contributed by atoms with Crippen LogP contribution < -0.4 is 10.1 Å². The summed E-state index contributed by atoms with van der Waals surface area (Å²) in [6.45, 7) is 2.35. The van der Waals surface area contributed by atoms with Crippen molar-refractivity contribution in [2.24, 2.45) is 0 Å². The zero-order chi connectivity index (χ0) is 11.3. The maximum atomic E-state index is 10.8. The van der Waals surface area contributed by atoms with Crippen molar-refractivity contribution in [1.29, 1.82) is 0 Å². The smallest absolute Gasteiger partial charge is 0.394 e. The highest BCUT2D eigenvalue weighted by Crippen LogP contribution is 2.16. The Morgan fingerprint density at radius 2 is 2.20 bits per heavy atom. The fraction of sp³-hybridized carbons (Fsp3) is 0.200. The average Bonchev–Trinajstić information content (AvgIpc) is 2.18. The Bertz CT molecular complexity index is 375. The largest absolute Gasteiger partial charge is 0.494 e. The molecule has 1 amide bonds. The lowest BCUT2D eigenvalue weighted by atomic mass is 10.3. The van der Waals surface area contributed by atoms with E-state index in [-0.39, 0.29) is 0 Å². The van der Waals surface area contributed by atoms with Crippen molar-refractivity contribution in [1.82, 2.24) is 0 Å².